The average molecular weight is 464 g/mol. The highest BCUT2D eigenvalue weighted by molar-refractivity contribution is 7.90. The van der Waals surface area contributed by atoms with Gasteiger partial charge in [0, 0.05) is 13.1 Å². The van der Waals surface area contributed by atoms with Gasteiger partial charge in [0.15, 0.2) is 0 Å². The van der Waals surface area contributed by atoms with Gasteiger partial charge in [-0.15, -0.1) is 4.83 Å². The molecule has 0 aromatic heterocycles. The molecule has 0 aliphatic carbocycles. The topological polar surface area (TPSA) is 105 Å². The van der Waals surface area contributed by atoms with Crippen LogP contribution in [-0.2, 0) is 14.8 Å². The van der Waals surface area contributed by atoms with E-state index >= 15 is 0 Å². The maximum absolute atomic E-state index is 14.6. The Labute approximate surface area is 186 Å². The van der Waals surface area contributed by atoms with Crippen molar-refractivity contribution in [3.8, 4) is 11.1 Å². The lowest BCUT2D eigenvalue weighted by molar-refractivity contribution is 0.0138. The quantitative estimate of drug-likeness (QED) is 0.664. The van der Waals surface area contributed by atoms with E-state index < -0.39 is 38.7 Å². The van der Waals surface area contributed by atoms with Crippen LogP contribution in [0.3, 0.4) is 0 Å². The first-order valence-electron chi connectivity index (χ1n) is 10.0. The van der Waals surface area contributed by atoms with Crippen LogP contribution in [-0.4, -0.2) is 49.3 Å². The largest absolute Gasteiger partial charge is 0.444 e. The Hall–Kier alpha value is -2.98. The number of sulfonamides is 1. The summed E-state index contributed by atoms with van der Waals surface area (Å²) in [6.45, 7) is 6.52. The molecule has 2 aromatic carbocycles. The van der Waals surface area contributed by atoms with Gasteiger partial charge < -0.3 is 9.64 Å². The van der Waals surface area contributed by atoms with Crippen molar-refractivity contribution in [2.75, 3.05) is 13.1 Å². The molecule has 1 heterocycles. The van der Waals surface area contributed by atoms with Crippen molar-refractivity contribution in [3.05, 3.63) is 59.4 Å². The fraction of sp³-hybridized carbons (Fsp3) is 0.364. The number of hydrazine groups is 1. The smallest absolute Gasteiger partial charge is 0.410 e. The zero-order valence-corrected chi connectivity index (χ0v) is 19.1. The lowest BCUT2D eigenvalue weighted by atomic mass is 9.99. The number of benzene rings is 2. The van der Waals surface area contributed by atoms with Crippen LogP contribution in [0.2, 0.25) is 0 Å². The van der Waals surface area contributed by atoms with Gasteiger partial charge >= 0.3 is 6.09 Å². The van der Waals surface area contributed by atoms with Gasteiger partial charge in [-0.2, -0.15) is 0 Å². The molecule has 2 amide bonds. The Morgan fingerprint density at radius 3 is 2.31 bits per heavy atom. The summed E-state index contributed by atoms with van der Waals surface area (Å²) in [5, 5.41) is -0.919. The molecule has 0 bridgehead atoms. The van der Waals surface area contributed by atoms with Crippen molar-refractivity contribution in [3.63, 3.8) is 0 Å². The monoisotopic (exact) mass is 463 g/mol. The predicted octanol–water partition coefficient (Wildman–Crippen LogP) is 2.98. The van der Waals surface area contributed by atoms with E-state index in [0.717, 1.165) is 5.56 Å². The molecule has 8 nitrogen and oxygen atoms in total. The molecular formula is C22H26FN3O5S. The van der Waals surface area contributed by atoms with Crippen LogP contribution in [0.25, 0.3) is 11.1 Å². The first-order valence-corrected chi connectivity index (χ1v) is 11.6. The molecule has 0 atom stereocenters. The molecule has 172 valence electrons. The Bertz CT molecular complexity index is 1120. The average Bonchev–Trinajstić information content (AvgIpc) is 2.66. The highest BCUT2D eigenvalue weighted by Crippen LogP contribution is 2.25. The van der Waals surface area contributed by atoms with E-state index in [9.17, 15) is 22.4 Å². The van der Waals surface area contributed by atoms with Crippen molar-refractivity contribution in [1.29, 1.82) is 0 Å². The van der Waals surface area contributed by atoms with E-state index in [2.05, 4.69) is 5.43 Å². The fourth-order valence-electron chi connectivity index (χ4n) is 3.11. The standard InChI is InChI=1S/C22H26FN3O5S/c1-14-10-16(15-8-6-5-7-9-15)11-18(19(14)23)20(27)24-25-32(29,30)17-12-26(13-17)21(28)31-22(2,3)4/h5-11,17,25H,12-13H2,1-4H3,(H,24,27). The Morgan fingerprint density at radius 1 is 1.09 bits per heavy atom. The third kappa shape index (κ3) is 5.43. The number of carbonyl (C=O) groups excluding carboxylic acids is 2. The number of nitrogens with zero attached hydrogens (tertiary/aromatic N) is 1. The van der Waals surface area contributed by atoms with E-state index in [0.29, 0.717) is 5.56 Å². The third-order valence-corrected chi connectivity index (χ3v) is 6.41. The zero-order chi connectivity index (χ0) is 23.7. The van der Waals surface area contributed by atoms with E-state index in [-0.39, 0.29) is 24.2 Å². The number of likely N-dealkylation sites (tertiary alicyclic amines) is 1. The summed E-state index contributed by atoms with van der Waals surface area (Å²) in [5.74, 6) is -1.66. The number of hydrogen-bond acceptors (Lipinski definition) is 5. The van der Waals surface area contributed by atoms with E-state index in [4.69, 9.17) is 4.74 Å². The van der Waals surface area contributed by atoms with Gasteiger partial charge in [-0.3, -0.25) is 10.2 Å². The maximum Gasteiger partial charge on any atom is 0.410 e. The highest BCUT2D eigenvalue weighted by Gasteiger charge is 2.41. The number of rotatable bonds is 5. The van der Waals surface area contributed by atoms with Gasteiger partial charge in [0.25, 0.3) is 5.91 Å². The Kier molecular flexibility index (Phi) is 6.56. The molecule has 1 fully saturated rings. The van der Waals surface area contributed by atoms with Crippen LogP contribution in [0.15, 0.2) is 42.5 Å². The number of nitrogens with one attached hydrogen (secondary N) is 2. The van der Waals surface area contributed by atoms with Crippen molar-refractivity contribution in [2.45, 2.75) is 38.5 Å². The molecule has 32 heavy (non-hydrogen) atoms. The summed E-state index contributed by atoms with van der Waals surface area (Å²) >= 11 is 0. The summed E-state index contributed by atoms with van der Waals surface area (Å²) < 4.78 is 44.7. The normalized spacial score (nSPS) is 14.6. The minimum Gasteiger partial charge on any atom is -0.444 e. The zero-order valence-electron chi connectivity index (χ0n) is 18.3. The third-order valence-electron chi connectivity index (χ3n) is 4.85. The van der Waals surface area contributed by atoms with Crippen molar-refractivity contribution < 1.29 is 27.1 Å². The minimum absolute atomic E-state index is 0.0723. The molecular weight excluding hydrogens is 437 g/mol. The van der Waals surface area contributed by atoms with E-state index in [1.807, 2.05) is 35.2 Å². The fourth-order valence-corrected chi connectivity index (χ4v) is 4.26. The van der Waals surface area contributed by atoms with Gasteiger partial charge in [-0.25, -0.2) is 17.6 Å². The molecule has 0 radical (unpaired) electrons. The first-order chi connectivity index (χ1) is 14.9. The Morgan fingerprint density at radius 2 is 1.72 bits per heavy atom. The van der Waals surface area contributed by atoms with Gasteiger partial charge in [0.2, 0.25) is 10.0 Å². The number of halogens is 1. The summed E-state index contributed by atoms with van der Waals surface area (Å²) in [4.78, 5) is 27.8. The number of carbonyl (C=O) groups is 2. The number of hydrogen-bond donors (Lipinski definition) is 2. The lowest BCUT2D eigenvalue weighted by Crippen LogP contribution is -2.61. The molecule has 2 aromatic rings. The number of amides is 2. The molecule has 0 saturated carbocycles. The number of ether oxygens (including phenoxy) is 1. The molecule has 2 N–H and O–H groups in total. The van der Waals surface area contributed by atoms with Gasteiger partial charge in [0.1, 0.15) is 16.7 Å². The summed E-state index contributed by atoms with van der Waals surface area (Å²) in [5.41, 5.74) is 2.77. The number of aryl methyl sites for hydroxylation is 1. The van der Waals surface area contributed by atoms with E-state index in [1.54, 1.807) is 26.8 Å². The molecule has 1 saturated heterocycles. The van der Waals surface area contributed by atoms with E-state index in [1.165, 1.54) is 17.9 Å². The SMILES string of the molecule is Cc1cc(-c2ccccc2)cc(C(=O)NNS(=O)(=O)C2CN(C(=O)OC(C)(C)C)C2)c1F. The molecule has 1 aliphatic heterocycles. The van der Waals surface area contributed by atoms with Crippen LogP contribution < -0.4 is 10.3 Å². The second kappa shape index (κ2) is 8.87. The van der Waals surface area contributed by atoms with Crippen LogP contribution in [0.5, 0.6) is 0 Å². The van der Waals surface area contributed by atoms with Crippen molar-refractivity contribution >= 4 is 22.0 Å². The molecule has 0 unspecified atom stereocenters. The van der Waals surface area contributed by atoms with Crippen LogP contribution in [0.1, 0.15) is 36.7 Å². The van der Waals surface area contributed by atoms with Crippen LogP contribution in [0, 0.1) is 12.7 Å². The van der Waals surface area contributed by atoms with Crippen LogP contribution in [0.4, 0.5) is 9.18 Å². The second-order valence-corrected chi connectivity index (χ2v) is 10.6. The van der Waals surface area contributed by atoms with Crippen LogP contribution >= 0.6 is 0 Å². The van der Waals surface area contributed by atoms with Crippen molar-refractivity contribution in [1.82, 2.24) is 15.2 Å². The van der Waals surface area contributed by atoms with Crippen molar-refractivity contribution in [2.24, 2.45) is 0 Å². The molecule has 10 heteroatoms. The van der Waals surface area contributed by atoms with Gasteiger partial charge in [-0.1, -0.05) is 30.3 Å². The first kappa shape index (κ1) is 23.7. The summed E-state index contributed by atoms with van der Waals surface area (Å²) in [6.07, 6.45) is -0.608. The van der Waals surface area contributed by atoms with Gasteiger partial charge in [0.05, 0.1) is 5.56 Å². The second-order valence-electron chi connectivity index (χ2n) is 8.63. The summed E-state index contributed by atoms with van der Waals surface area (Å²) in [7, 11) is -3.98. The maximum atomic E-state index is 14.6. The predicted molar refractivity (Wildman–Crippen MR) is 118 cm³/mol. The molecule has 1 aliphatic rings. The Balaban J connectivity index is 1.65. The lowest BCUT2D eigenvalue weighted by Gasteiger charge is -2.38. The highest BCUT2D eigenvalue weighted by atomic mass is 32.2. The molecule has 3 rings (SSSR count). The molecule has 0 spiro atoms. The minimum atomic E-state index is -3.98. The summed E-state index contributed by atoms with van der Waals surface area (Å²) in [6, 6.07) is 12.1. The van der Waals surface area contributed by atoms with Gasteiger partial charge in [-0.05, 0) is 56.5 Å².